The highest BCUT2D eigenvalue weighted by molar-refractivity contribution is 5.65. The number of piperidine rings is 1. The maximum atomic E-state index is 5.79. The molecule has 1 saturated heterocycles. The Kier molecular flexibility index (Phi) is 8.22. The Balaban J connectivity index is 1.78. The molecule has 0 radical (unpaired) electrons. The Hall–Kier alpha value is -3.73. The SMILES string of the molecule is CC=C(C)N(c1ccc(C)cc1)N1CCCC(=Cc2ccc(-n3cnc(C)c3)c(OC)c2)C1=C(C)CC. The molecule has 1 aromatic heterocycles. The van der Waals surface area contributed by atoms with Crippen LogP contribution in [0.15, 0.2) is 83.6 Å². The summed E-state index contributed by atoms with van der Waals surface area (Å²) in [5.74, 6) is 0.836. The van der Waals surface area contributed by atoms with Crippen molar-refractivity contribution in [1.82, 2.24) is 14.6 Å². The van der Waals surface area contributed by atoms with Crippen LogP contribution < -0.4 is 9.75 Å². The van der Waals surface area contributed by atoms with Crippen molar-refractivity contribution in [2.24, 2.45) is 0 Å². The number of ether oxygens (including phenoxy) is 1. The average molecular weight is 497 g/mol. The maximum absolute atomic E-state index is 5.79. The van der Waals surface area contributed by atoms with E-state index in [9.17, 15) is 0 Å². The lowest BCUT2D eigenvalue weighted by molar-refractivity contribution is 0.310. The molecule has 0 amide bonds. The van der Waals surface area contributed by atoms with Gasteiger partial charge in [0.15, 0.2) is 0 Å². The van der Waals surface area contributed by atoms with Crippen molar-refractivity contribution in [2.45, 2.75) is 60.8 Å². The Bertz CT molecular complexity index is 1330. The zero-order valence-corrected chi connectivity index (χ0v) is 23.4. The molecule has 0 aliphatic carbocycles. The Morgan fingerprint density at radius 2 is 1.86 bits per heavy atom. The van der Waals surface area contributed by atoms with E-state index in [-0.39, 0.29) is 0 Å². The van der Waals surface area contributed by atoms with E-state index in [1.165, 1.54) is 33.8 Å². The van der Waals surface area contributed by atoms with Crippen molar-refractivity contribution >= 4 is 11.8 Å². The van der Waals surface area contributed by atoms with Crippen molar-refractivity contribution in [2.75, 3.05) is 18.7 Å². The number of imidazole rings is 1. The number of anilines is 1. The minimum absolute atomic E-state index is 0.836. The molecule has 0 spiro atoms. The molecule has 1 aliphatic rings. The lowest BCUT2D eigenvalue weighted by atomic mass is 9.94. The second-order valence-electron chi connectivity index (χ2n) is 9.81. The van der Waals surface area contributed by atoms with Gasteiger partial charge in [-0.1, -0.05) is 36.8 Å². The number of aromatic nitrogens is 2. The molecular weight excluding hydrogens is 456 g/mol. The van der Waals surface area contributed by atoms with Crippen LogP contribution >= 0.6 is 0 Å². The summed E-state index contributed by atoms with van der Waals surface area (Å²) in [7, 11) is 1.73. The smallest absolute Gasteiger partial charge is 0.143 e. The topological polar surface area (TPSA) is 33.5 Å². The minimum Gasteiger partial charge on any atom is -0.495 e. The van der Waals surface area contributed by atoms with Gasteiger partial charge in [0.1, 0.15) is 5.75 Å². The van der Waals surface area contributed by atoms with E-state index in [1.807, 2.05) is 24.0 Å². The quantitative estimate of drug-likeness (QED) is 0.332. The highest BCUT2D eigenvalue weighted by Gasteiger charge is 2.28. The van der Waals surface area contributed by atoms with Gasteiger partial charge in [-0.3, -0.25) is 10.0 Å². The van der Waals surface area contributed by atoms with Crippen LogP contribution in [-0.4, -0.2) is 28.2 Å². The van der Waals surface area contributed by atoms with Crippen LogP contribution in [0.25, 0.3) is 11.8 Å². The molecule has 2 aromatic carbocycles. The molecule has 0 saturated carbocycles. The van der Waals surface area contributed by atoms with Gasteiger partial charge in [0, 0.05) is 18.4 Å². The molecule has 4 rings (SSSR count). The number of hydrazine groups is 1. The Morgan fingerprint density at radius 1 is 1.11 bits per heavy atom. The summed E-state index contributed by atoms with van der Waals surface area (Å²) in [5, 5.41) is 4.86. The number of hydrogen-bond acceptors (Lipinski definition) is 4. The number of allylic oxidation sites excluding steroid dienone is 4. The first-order chi connectivity index (χ1) is 17.9. The lowest BCUT2D eigenvalue weighted by Gasteiger charge is -2.44. The molecule has 0 atom stereocenters. The van der Waals surface area contributed by atoms with Crippen LogP contribution in [-0.2, 0) is 0 Å². The predicted molar refractivity (Wildman–Crippen MR) is 155 cm³/mol. The van der Waals surface area contributed by atoms with Crippen LogP contribution in [0.1, 0.15) is 63.8 Å². The van der Waals surface area contributed by atoms with E-state index in [0.717, 1.165) is 48.5 Å². The summed E-state index contributed by atoms with van der Waals surface area (Å²) >= 11 is 0. The summed E-state index contributed by atoms with van der Waals surface area (Å²) in [5.41, 5.74) is 10.9. The Morgan fingerprint density at radius 3 is 2.49 bits per heavy atom. The van der Waals surface area contributed by atoms with Crippen LogP contribution in [0, 0.1) is 13.8 Å². The van der Waals surface area contributed by atoms with Gasteiger partial charge in [-0.05, 0) is 101 Å². The second kappa shape index (κ2) is 11.5. The molecule has 0 unspecified atom stereocenters. The third-order valence-electron chi connectivity index (χ3n) is 7.12. The number of rotatable bonds is 7. The first kappa shape index (κ1) is 26.3. The molecule has 194 valence electrons. The largest absolute Gasteiger partial charge is 0.495 e. The molecule has 0 N–H and O–H groups in total. The van der Waals surface area contributed by atoms with Crippen molar-refractivity contribution in [3.8, 4) is 11.4 Å². The normalized spacial score (nSPS) is 16.8. The fourth-order valence-corrected chi connectivity index (χ4v) is 4.91. The van der Waals surface area contributed by atoms with Crippen molar-refractivity contribution < 1.29 is 4.74 Å². The molecule has 3 aromatic rings. The maximum Gasteiger partial charge on any atom is 0.143 e. The van der Waals surface area contributed by atoms with E-state index in [4.69, 9.17) is 4.74 Å². The van der Waals surface area contributed by atoms with Crippen LogP contribution in [0.3, 0.4) is 0 Å². The predicted octanol–water partition coefficient (Wildman–Crippen LogP) is 8.01. The highest BCUT2D eigenvalue weighted by Crippen LogP contribution is 2.37. The van der Waals surface area contributed by atoms with Gasteiger partial charge in [0.05, 0.1) is 36.2 Å². The first-order valence-electron chi connectivity index (χ1n) is 13.2. The molecule has 1 aliphatic heterocycles. The summed E-state index contributed by atoms with van der Waals surface area (Å²) in [6.07, 6.45) is 11.5. The van der Waals surface area contributed by atoms with E-state index in [1.54, 1.807) is 7.11 Å². The fraction of sp³-hybridized carbons (Fsp3) is 0.344. The van der Waals surface area contributed by atoms with Crippen LogP contribution in [0.2, 0.25) is 0 Å². The van der Waals surface area contributed by atoms with Crippen molar-refractivity contribution in [3.63, 3.8) is 0 Å². The van der Waals surface area contributed by atoms with E-state index in [2.05, 4.69) is 104 Å². The van der Waals surface area contributed by atoms with Crippen molar-refractivity contribution in [1.29, 1.82) is 0 Å². The van der Waals surface area contributed by atoms with Gasteiger partial charge in [-0.2, -0.15) is 0 Å². The summed E-state index contributed by atoms with van der Waals surface area (Å²) in [6, 6.07) is 15.2. The minimum atomic E-state index is 0.836. The van der Waals surface area contributed by atoms with Crippen molar-refractivity contribution in [3.05, 3.63) is 100 Å². The number of nitrogens with zero attached hydrogens (tertiary/aromatic N) is 4. The zero-order chi connectivity index (χ0) is 26.5. The highest BCUT2D eigenvalue weighted by atomic mass is 16.5. The number of methoxy groups -OCH3 is 1. The monoisotopic (exact) mass is 496 g/mol. The third-order valence-corrected chi connectivity index (χ3v) is 7.12. The standard InChI is InChI=1S/C32H40N4O/c1-8-24(4)32-28(19-27-14-17-30(31(20-27)37-7)34-21-25(5)33-22-34)11-10-18-35(32)36(26(6)9-2)29-15-12-23(3)13-16-29/h9,12-17,19-22H,8,10-11,18H2,1-7H3. The summed E-state index contributed by atoms with van der Waals surface area (Å²) in [4.78, 5) is 4.37. The summed E-state index contributed by atoms with van der Waals surface area (Å²) < 4.78 is 7.80. The molecule has 1 fully saturated rings. The van der Waals surface area contributed by atoms with Gasteiger partial charge < -0.3 is 9.30 Å². The van der Waals surface area contributed by atoms with Crippen LogP contribution in [0.5, 0.6) is 5.75 Å². The molecule has 5 heteroatoms. The van der Waals surface area contributed by atoms with Gasteiger partial charge in [0.25, 0.3) is 0 Å². The number of aryl methyl sites for hydroxylation is 2. The molecular formula is C32H40N4O. The Labute approximate surface area is 222 Å². The van der Waals surface area contributed by atoms with Gasteiger partial charge in [-0.25, -0.2) is 4.98 Å². The molecule has 2 heterocycles. The average Bonchev–Trinajstić information content (AvgIpc) is 3.35. The zero-order valence-electron chi connectivity index (χ0n) is 23.4. The van der Waals surface area contributed by atoms with E-state index in [0.29, 0.717) is 0 Å². The number of hydrogen-bond donors (Lipinski definition) is 0. The second-order valence-corrected chi connectivity index (χ2v) is 9.81. The fourth-order valence-electron chi connectivity index (χ4n) is 4.91. The molecule has 0 bridgehead atoms. The van der Waals surface area contributed by atoms with E-state index >= 15 is 0 Å². The third kappa shape index (κ3) is 5.66. The summed E-state index contributed by atoms with van der Waals surface area (Å²) in [6.45, 7) is 13.9. The molecule has 5 nitrogen and oxygen atoms in total. The van der Waals surface area contributed by atoms with Gasteiger partial charge in [-0.15, -0.1) is 0 Å². The van der Waals surface area contributed by atoms with Gasteiger partial charge in [0.2, 0.25) is 0 Å². The van der Waals surface area contributed by atoms with E-state index < -0.39 is 0 Å². The molecule has 37 heavy (non-hydrogen) atoms. The van der Waals surface area contributed by atoms with Crippen LogP contribution in [0.4, 0.5) is 5.69 Å². The first-order valence-corrected chi connectivity index (χ1v) is 13.2. The van der Waals surface area contributed by atoms with Gasteiger partial charge >= 0.3 is 0 Å². The number of benzene rings is 2. The lowest BCUT2D eigenvalue weighted by Crippen LogP contribution is -2.44.